The van der Waals surface area contributed by atoms with Crippen LogP contribution in [0.15, 0.2) is 199 Å². The molecule has 0 saturated carbocycles. The topological polar surface area (TPSA) is 48.2 Å². The predicted octanol–water partition coefficient (Wildman–Crippen LogP) is 13.5. The summed E-state index contributed by atoms with van der Waals surface area (Å²) < 4.78 is 13.2. The predicted molar refractivity (Wildman–Crippen MR) is 228 cm³/mol. The molecule has 1 aliphatic heterocycles. The maximum absolute atomic E-state index is 6.95. The fourth-order valence-corrected chi connectivity index (χ4v) is 9.27. The van der Waals surface area contributed by atoms with Crippen molar-refractivity contribution in [3.8, 4) is 67.7 Å². The number of ether oxygens (including phenoxy) is 1. The number of furan rings is 1. The molecule has 4 nitrogen and oxygen atoms in total. The van der Waals surface area contributed by atoms with Crippen molar-refractivity contribution < 1.29 is 9.15 Å². The zero-order valence-corrected chi connectivity index (χ0v) is 30.7. The van der Waals surface area contributed by atoms with Crippen LogP contribution < -0.4 is 4.74 Å². The quantitative estimate of drug-likeness (QED) is 0.181. The molecule has 2 aromatic heterocycles. The zero-order valence-electron chi connectivity index (χ0n) is 30.7. The van der Waals surface area contributed by atoms with Crippen molar-refractivity contribution in [2.24, 2.45) is 0 Å². The highest BCUT2D eigenvalue weighted by atomic mass is 16.5. The molecule has 266 valence electrons. The van der Waals surface area contributed by atoms with Crippen LogP contribution in [0.1, 0.15) is 22.3 Å². The molecule has 0 radical (unpaired) electrons. The van der Waals surface area contributed by atoms with Gasteiger partial charge in [-0.1, -0.05) is 164 Å². The summed E-state index contributed by atoms with van der Waals surface area (Å²) in [6.45, 7) is 0. The Morgan fingerprint density at radius 1 is 0.368 bits per heavy atom. The van der Waals surface area contributed by atoms with Crippen molar-refractivity contribution in [2.75, 3.05) is 0 Å². The summed E-state index contributed by atoms with van der Waals surface area (Å²) in [5, 5.41) is 2.19. The molecular formula is C53H32N2O2. The van der Waals surface area contributed by atoms with E-state index in [-0.39, 0.29) is 0 Å². The Kier molecular flexibility index (Phi) is 6.81. The minimum Gasteiger partial charge on any atom is -0.456 e. The normalized spacial score (nSPS) is 13.2. The van der Waals surface area contributed by atoms with Gasteiger partial charge in [0, 0.05) is 44.2 Å². The second-order valence-electron chi connectivity index (χ2n) is 14.8. The highest BCUT2D eigenvalue weighted by Gasteiger charge is 2.51. The van der Waals surface area contributed by atoms with Gasteiger partial charge in [-0.3, -0.25) is 0 Å². The van der Waals surface area contributed by atoms with Gasteiger partial charge in [0.1, 0.15) is 22.7 Å². The molecule has 1 aliphatic carbocycles. The molecule has 0 N–H and O–H groups in total. The smallest absolute Gasteiger partial charge is 0.160 e. The first-order valence-electron chi connectivity index (χ1n) is 19.3. The van der Waals surface area contributed by atoms with Gasteiger partial charge in [0.05, 0.1) is 16.8 Å². The summed E-state index contributed by atoms with van der Waals surface area (Å²) in [4.78, 5) is 10.2. The van der Waals surface area contributed by atoms with Gasteiger partial charge in [-0.15, -0.1) is 0 Å². The van der Waals surface area contributed by atoms with Gasteiger partial charge in [-0.25, -0.2) is 9.97 Å². The van der Waals surface area contributed by atoms with E-state index in [0.717, 1.165) is 83.8 Å². The van der Waals surface area contributed by atoms with E-state index in [4.69, 9.17) is 19.1 Å². The Bertz CT molecular complexity index is 3170. The lowest BCUT2D eigenvalue weighted by Crippen LogP contribution is -2.32. The van der Waals surface area contributed by atoms with Gasteiger partial charge in [0.2, 0.25) is 0 Å². The molecule has 0 amide bonds. The summed E-state index contributed by atoms with van der Waals surface area (Å²) in [7, 11) is 0. The standard InChI is InChI=1S/C53H32N2O2/c1-2-13-35(14-3-1)52-54-46(32-47(55-52)36-29-30-41-40-17-6-10-23-48(40)56-50(41)31-36)34-27-25-33(26-28-34)37-18-12-22-45-51(37)57-49-24-11-9-21-44(49)53(45)42-19-7-4-15-38(42)39-16-5-8-20-43(39)53/h1-32H. The van der Waals surface area contributed by atoms with E-state index in [1.54, 1.807) is 0 Å². The number of nitrogens with zero attached hydrogens (tertiary/aromatic N) is 2. The van der Waals surface area contributed by atoms with Crippen molar-refractivity contribution in [2.45, 2.75) is 5.41 Å². The van der Waals surface area contributed by atoms with Crippen molar-refractivity contribution in [1.82, 2.24) is 9.97 Å². The molecule has 0 unspecified atom stereocenters. The fourth-order valence-electron chi connectivity index (χ4n) is 9.27. The van der Waals surface area contributed by atoms with Crippen LogP contribution in [0.5, 0.6) is 11.5 Å². The van der Waals surface area contributed by atoms with Crippen molar-refractivity contribution in [3.05, 3.63) is 216 Å². The minimum absolute atomic E-state index is 0.510. The Morgan fingerprint density at radius 2 is 0.947 bits per heavy atom. The molecule has 3 heterocycles. The van der Waals surface area contributed by atoms with Crippen LogP contribution in [0.4, 0.5) is 0 Å². The third-order valence-electron chi connectivity index (χ3n) is 11.8. The first-order valence-corrected chi connectivity index (χ1v) is 19.3. The number of hydrogen-bond donors (Lipinski definition) is 0. The number of fused-ring (bicyclic) bond motifs is 12. The molecule has 57 heavy (non-hydrogen) atoms. The van der Waals surface area contributed by atoms with E-state index < -0.39 is 5.41 Å². The zero-order chi connectivity index (χ0) is 37.5. The Morgan fingerprint density at radius 3 is 1.74 bits per heavy atom. The average molecular weight is 729 g/mol. The van der Waals surface area contributed by atoms with Gasteiger partial charge < -0.3 is 9.15 Å². The highest BCUT2D eigenvalue weighted by Crippen LogP contribution is 2.63. The molecule has 0 fully saturated rings. The molecule has 2 aliphatic rings. The average Bonchev–Trinajstić information content (AvgIpc) is 3.80. The molecule has 0 atom stereocenters. The van der Waals surface area contributed by atoms with E-state index in [2.05, 4.69) is 158 Å². The van der Waals surface area contributed by atoms with Gasteiger partial charge in [0.25, 0.3) is 0 Å². The van der Waals surface area contributed by atoms with Crippen molar-refractivity contribution >= 4 is 21.9 Å². The molecule has 0 saturated heterocycles. The molecule has 4 heteroatoms. The second kappa shape index (κ2) is 12.2. The molecule has 0 bridgehead atoms. The van der Waals surface area contributed by atoms with E-state index in [1.807, 2.05) is 36.4 Å². The first kappa shape index (κ1) is 31.8. The minimum atomic E-state index is -0.510. The SMILES string of the molecule is c1ccc(-c2nc(-c3ccc(-c4cccc5c4Oc4ccccc4C54c5ccccc5-c5ccccc54)cc3)cc(-c3ccc4c(c3)oc3ccccc34)n2)cc1. The monoisotopic (exact) mass is 728 g/mol. The van der Waals surface area contributed by atoms with Crippen LogP contribution in [-0.4, -0.2) is 9.97 Å². The summed E-state index contributed by atoms with van der Waals surface area (Å²) in [6, 6.07) is 68.2. The van der Waals surface area contributed by atoms with E-state index in [9.17, 15) is 0 Å². The Labute approximate surface area is 329 Å². The first-order chi connectivity index (χ1) is 28.2. The molecule has 8 aromatic carbocycles. The Balaban J connectivity index is 0.992. The molecule has 1 spiro atoms. The van der Waals surface area contributed by atoms with Crippen LogP contribution in [0, 0.1) is 0 Å². The molecule has 10 aromatic rings. The molecule has 12 rings (SSSR count). The van der Waals surface area contributed by atoms with Gasteiger partial charge in [-0.05, 0) is 58.1 Å². The summed E-state index contributed by atoms with van der Waals surface area (Å²) in [5.74, 6) is 2.43. The Hall–Kier alpha value is -7.56. The lowest BCUT2D eigenvalue weighted by molar-refractivity contribution is 0.438. The van der Waals surface area contributed by atoms with Gasteiger partial charge >= 0.3 is 0 Å². The maximum Gasteiger partial charge on any atom is 0.160 e. The van der Waals surface area contributed by atoms with Gasteiger partial charge in [0.15, 0.2) is 5.82 Å². The van der Waals surface area contributed by atoms with Crippen molar-refractivity contribution in [1.29, 1.82) is 0 Å². The van der Waals surface area contributed by atoms with Crippen LogP contribution in [-0.2, 0) is 5.41 Å². The van der Waals surface area contributed by atoms with Crippen LogP contribution in [0.2, 0.25) is 0 Å². The number of aromatic nitrogens is 2. The lowest BCUT2D eigenvalue weighted by atomic mass is 9.65. The number of hydrogen-bond acceptors (Lipinski definition) is 4. The number of benzene rings is 8. The van der Waals surface area contributed by atoms with E-state index in [1.165, 1.54) is 22.3 Å². The largest absolute Gasteiger partial charge is 0.456 e. The third-order valence-corrected chi connectivity index (χ3v) is 11.8. The van der Waals surface area contributed by atoms with Crippen molar-refractivity contribution in [3.63, 3.8) is 0 Å². The lowest BCUT2D eigenvalue weighted by Gasteiger charge is -2.40. The number of rotatable bonds is 4. The van der Waals surface area contributed by atoms with Gasteiger partial charge in [-0.2, -0.15) is 0 Å². The third kappa shape index (κ3) is 4.68. The summed E-state index contributed by atoms with van der Waals surface area (Å²) in [5.41, 5.74) is 15.3. The van der Waals surface area contributed by atoms with E-state index in [0.29, 0.717) is 5.82 Å². The van der Waals surface area contributed by atoms with E-state index >= 15 is 0 Å². The summed E-state index contributed by atoms with van der Waals surface area (Å²) in [6.07, 6.45) is 0. The maximum atomic E-state index is 6.95. The summed E-state index contributed by atoms with van der Waals surface area (Å²) >= 11 is 0. The van der Waals surface area contributed by atoms with Crippen LogP contribution in [0.3, 0.4) is 0 Å². The van der Waals surface area contributed by atoms with Crippen LogP contribution >= 0.6 is 0 Å². The van der Waals surface area contributed by atoms with Crippen LogP contribution in [0.25, 0.3) is 78.1 Å². The molecular weight excluding hydrogens is 697 g/mol. The fraction of sp³-hybridized carbons (Fsp3) is 0.0189. The highest BCUT2D eigenvalue weighted by molar-refractivity contribution is 6.05. The number of para-hydroxylation sites is 3. The second-order valence-corrected chi connectivity index (χ2v) is 14.8.